The monoisotopic (exact) mass is 254 g/mol. The molecule has 0 spiro atoms. The fourth-order valence-corrected chi connectivity index (χ4v) is 1.82. The van der Waals surface area contributed by atoms with Crippen LogP contribution in [0.1, 0.15) is 12.5 Å². The summed E-state index contributed by atoms with van der Waals surface area (Å²) in [7, 11) is 0. The molecule has 1 amide bonds. The van der Waals surface area contributed by atoms with Crippen molar-refractivity contribution in [2.75, 3.05) is 10.6 Å². The van der Waals surface area contributed by atoms with Gasteiger partial charge in [0.25, 0.3) is 0 Å². The Morgan fingerprint density at radius 3 is 2.37 bits per heavy atom. The Morgan fingerprint density at radius 2 is 1.68 bits per heavy atom. The molecule has 0 radical (unpaired) electrons. The van der Waals surface area contributed by atoms with Crippen LogP contribution in [-0.2, 0) is 4.79 Å². The van der Waals surface area contributed by atoms with Crippen LogP contribution in [0.4, 0.5) is 11.4 Å². The van der Waals surface area contributed by atoms with Crippen molar-refractivity contribution in [2.45, 2.75) is 19.9 Å². The minimum atomic E-state index is -0.290. The lowest BCUT2D eigenvalue weighted by Crippen LogP contribution is -2.31. The lowest BCUT2D eigenvalue weighted by molar-refractivity contribution is -0.116. The number of carbonyl (C=O) groups is 1. The van der Waals surface area contributed by atoms with Crippen molar-refractivity contribution in [3.05, 3.63) is 60.2 Å². The van der Waals surface area contributed by atoms with Crippen LogP contribution in [0.15, 0.2) is 54.6 Å². The molecule has 0 bridgehead atoms. The molecule has 0 saturated carbocycles. The zero-order chi connectivity index (χ0) is 13.7. The van der Waals surface area contributed by atoms with Gasteiger partial charge in [-0.1, -0.05) is 30.3 Å². The maximum absolute atomic E-state index is 12.0. The minimum Gasteiger partial charge on any atom is -0.374 e. The third-order valence-electron chi connectivity index (χ3n) is 2.84. The van der Waals surface area contributed by atoms with Crippen LogP contribution in [0.25, 0.3) is 0 Å². The predicted molar refractivity (Wildman–Crippen MR) is 79.3 cm³/mol. The predicted octanol–water partition coefficient (Wildman–Crippen LogP) is 3.43. The van der Waals surface area contributed by atoms with Gasteiger partial charge >= 0.3 is 0 Å². The Morgan fingerprint density at radius 1 is 1.00 bits per heavy atom. The maximum Gasteiger partial charge on any atom is 0.246 e. The van der Waals surface area contributed by atoms with E-state index < -0.39 is 0 Å². The SMILES string of the molecule is Cc1cccc(N[C@@H](C)C(=O)Nc2ccccc2)c1. The smallest absolute Gasteiger partial charge is 0.246 e. The fraction of sp³-hybridized carbons (Fsp3) is 0.188. The standard InChI is InChI=1S/C16H18N2O/c1-12-7-6-10-15(11-12)17-13(2)16(19)18-14-8-4-3-5-9-14/h3-11,13,17H,1-2H3,(H,18,19)/t13-/m0/s1. The fourth-order valence-electron chi connectivity index (χ4n) is 1.82. The molecule has 0 fully saturated rings. The van der Waals surface area contributed by atoms with Gasteiger partial charge in [0.05, 0.1) is 0 Å². The third-order valence-corrected chi connectivity index (χ3v) is 2.84. The molecular weight excluding hydrogens is 236 g/mol. The van der Waals surface area contributed by atoms with Gasteiger partial charge in [-0.25, -0.2) is 0 Å². The number of benzene rings is 2. The zero-order valence-corrected chi connectivity index (χ0v) is 11.2. The van der Waals surface area contributed by atoms with Crippen LogP contribution >= 0.6 is 0 Å². The van der Waals surface area contributed by atoms with Crippen molar-refractivity contribution in [1.82, 2.24) is 0 Å². The molecule has 3 heteroatoms. The van der Waals surface area contributed by atoms with Gasteiger partial charge in [-0.3, -0.25) is 4.79 Å². The molecule has 19 heavy (non-hydrogen) atoms. The van der Waals surface area contributed by atoms with Crippen molar-refractivity contribution < 1.29 is 4.79 Å². The van der Waals surface area contributed by atoms with Gasteiger partial charge in [0.1, 0.15) is 6.04 Å². The molecule has 2 aromatic rings. The Balaban J connectivity index is 1.96. The molecule has 0 aromatic heterocycles. The van der Waals surface area contributed by atoms with Crippen molar-refractivity contribution in [1.29, 1.82) is 0 Å². The van der Waals surface area contributed by atoms with Gasteiger partial charge in [0, 0.05) is 11.4 Å². The molecule has 3 nitrogen and oxygen atoms in total. The summed E-state index contributed by atoms with van der Waals surface area (Å²) in [6.07, 6.45) is 0. The Bertz CT molecular complexity index is 552. The summed E-state index contributed by atoms with van der Waals surface area (Å²) in [5.41, 5.74) is 2.93. The van der Waals surface area contributed by atoms with Crippen molar-refractivity contribution in [3.63, 3.8) is 0 Å². The van der Waals surface area contributed by atoms with Gasteiger partial charge in [-0.05, 0) is 43.7 Å². The lowest BCUT2D eigenvalue weighted by Gasteiger charge is -2.15. The highest BCUT2D eigenvalue weighted by atomic mass is 16.2. The van der Waals surface area contributed by atoms with Crippen molar-refractivity contribution in [2.24, 2.45) is 0 Å². The van der Waals surface area contributed by atoms with Crippen LogP contribution in [-0.4, -0.2) is 11.9 Å². The van der Waals surface area contributed by atoms with E-state index in [0.29, 0.717) is 0 Å². The molecule has 0 heterocycles. The van der Waals surface area contributed by atoms with E-state index in [-0.39, 0.29) is 11.9 Å². The number of hydrogen-bond donors (Lipinski definition) is 2. The van der Waals surface area contributed by atoms with E-state index in [4.69, 9.17) is 0 Å². The number of carbonyl (C=O) groups excluding carboxylic acids is 1. The number of para-hydroxylation sites is 1. The van der Waals surface area contributed by atoms with Crippen LogP contribution < -0.4 is 10.6 Å². The second kappa shape index (κ2) is 6.05. The lowest BCUT2D eigenvalue weighted by atomic mass is 10.2. The first-order valence-electron chi connectivity index (χ1n) is 6.34. The van der Waals surface area contributed by atoms with Crippen LogP contribution in [0.3, 0.4) is 0 Å². The summed E-state index contributed by atoms with van der Waals surface area (Å²) < 4.78 is 0. The van der Waals surface area contributed by atoms with Gasteiger partial charge < -0.3 is 10.6 Å². The summed E-state index contributed by atoms with van der Waals surface area (Å²) in [5.74, 6) is -0.0484. The number of nitrogens with one attached hydrogen (secondary N) is 2. The van der Waals surface area contributed by atoms with Gasteiger partial charge in [-0.2, -0.15) is 0 Å². The average molecular weight is 254 g/mol. The highest BCUT2D eigenvalue weighted by Gasteiger charge is 2.12. The Hall–Kier alpha value is -2.29. The van der Waals surface area contributed by atoms with E-state index in [1.165, 1.54) is 5.56 Å². The quantitative estimate of drug-likeness (QED) is 0.877. The molecule has 0 aliphatic heterocycles. The van der Waals surface area contributed by atoms with E-state index in [0.717, 1.165) is 11.4 Å². The molecule has 2 rings (SSSR count). The van der Waals surface area contributed by atoms with Gasteiger partial charge in [0.2, 0.25) is 5.91 Å². The normalized spacial score (nSPS) is 11.7. The molecule has 2 N–H and O–H groups in total. The zero-order valence-electron chi connectivity index (χ0n) is 11.2. The van der Waals surface area contributed by atoms with Gasteiger partial charge in [0.15, 0.2) is 0 Å². The second-order valence-corrected chi connectivity index (χ2v) is 4.59. The minimum absolute atomic E-state index is 0.0484. The first-order chi connectivity index (χ1) is 9.15. The molecule has 98 valence electrons. The van der Waals surface area contributed by atoms with Crippen LogP contribution in [0.5, 0.6) is 0 Å². The first-order valence-corrected chi connectivity index (χ1v) is 6.34. The number of rotatable bonds is 4. The summed E-state index contributed by atoms with van der Waals surface area (Å²) in [6.45, 7) is 3.88. The van der Waals surface area contributed by atoms with Crippen LogP contribution in [0, 0.1) is 6.92 Å². The molecule has 1 atom stereocenters. The summed E-state index contributed by atoms with van der Waals surface area (Å²) in [5, 5.41) is 6.07. The molecule has 0 aliphatic rings. The third kappa shape index (κ3) is 3.85. The number of amides is 1. The van der Waals surface area contributed by atoms with Crippen molar-refractivity contribution in [3.8, 4) is 0 Å². The summed E-state index contributed by atoms with van der Waals surface area (Å²) in [4.78, 5) is 12.0. The van der Waals surface area contributed by atoms with E-state index in [2.05, 4.69) is 10.6 Å². The Kier molecular flexibility index (Phi) is 4.18. The molecule has 0 unspecified atom stereocenters. The highest BCUT2D eigenvalue weighted by molar-refractivity contribution is 5.96. The number of hydrogen-bond acceptors (Lipinski definition) is 2. The van der Waals surface area contributed by atoms with Crippen molar-refractivity contribution >= 4 is 17.3 Å². The van der Waals surface area contributed by atoms with E-state index in [9.17, 15) is 4.79 Å². The number of aryl methyl sites for hydroxylation is 1. The van der Waals surface area contributed by atoms with E-state index in [1.54, 1.807) is 0 Å². The number of anilines is 2. The Labute approximate surface area is 113 Å². The topological polar surface area (TPSA) is 41.1 Å². The molecule has 0 aliphatic carbocycles. The molecular formula is C16H18N2O. The van der Waals surface area contributed by atoms with E-state index >= 15 is 0 Å². The largest absolute Gasteiger partial charge is 0.374 e. The average Bonchev–Trinajstić information content (AvgIpc) is 2.40. The summed E-state index contributed by atoms with van der Waals surface area (Å²) >= 11 is 0. The van der Waals surface area contributed by atoms with Crippen LogP contribution in [0.2, 0.25) is 0 Å². The molecule has 0 saturated heterocycles. The van der Waals surface area contributed by atoms with Gasteiger partial charge in [-0.15, -0.1) is 0 Å². The first kappa shape index (κ1) is 13.1. The molecule has 2 aromatic carbocycles. The van der Waals surface area contributed by atoms with E-state index in [1.807, 2.05) is 68.4 Å². The maximum atomic E-state index is 12.0. The second-order valence-electron chi connectivity index (χ2n) is 4.59. The summed E-state index contributed by atoms with van der Waals surface area (Å²) in [6, 6.07) is 17.1. The highest BCUT2D eigenvalue weighted by Crippen LogP contribution is 2.12.